The van der Waals surface area contributed by atoms with Gasteiger partial charge in [-0.05, 0) is 46.3 Å². The number of rotatable bonds is 0. The molecule has 4 aliphatic rings. The molecule has 0 bridgehead atoms. The van der Waals surface area contributed by atoms with Crippen LogP contribution >= 0.6 is 0 Å². The minimum atomic E-state index is -0.150. The van der Waals surface area contributed by atoms with Crippen molar-refractivity contribution < 1.29 is 9.31 Å². The second-order valence-electron chi connectivity index (χ2n) is 9.59. The van der Waals surface area contributed by atoms with Gasteiger partial charge in [0.2, 0.25) is 0 Å². The van der Waals surface area contributed by atoms with Crippen LogP contribution in [0.3, 0.4) is 0 Å². The molecular weight excluding hydrogens is 428 g/mol. The van der Waals surface area contributed by atoms with Gasteiger partial charge in [0, 0.05) is 39.1 Å². The van der Waals surface area contributed by atoms with Crippen LogP contribution in [0, 0.1) is 0 Å². The lowest BCUT2D eigenvalue weighted by molar-refractivity contribution is 0.588. The Morgan fingerprint density at radius 3 is 1.46 bits per heavy atom. The van der Waals surface area contributed by atoms with Gasteiger partial charge in [-0.1, -0.05) is 78.9 Å². The quantitative estimate of drug-likeness (QED) is 0.335. The zero-order valence-corrected chi connectivity index (χ0v) is 18.7. The zero-order valence-electron chi connectivity index (χ0n) is 18.7. The van der Waals surface area contributed by atoms with Crippen LogP contribution in [0.1, 0.15) is 0 Å². The predicted octanol–water partition coefficient (Wildman–Crippen LogP) is 4.11. The highest BCUT2D eigenvalue weighted by Gasteiger charge is 2.49. The summed E-state index contributed by atoms with van der Waals surface area (Å²) < 4.78 is 13.4. The predicted molar refractivity (Wildman–Crippen MR) is 143 cm³/mol. The summed E-state index contributed by atoms with van der Waals surface area (Å²) in [6, 6.07) is 36.6. The standard InChI is InChI=1S/C30H17B2NO2/c1-3-16-26-18(8-1)20-10-5-14-24-28(20)31(34-26)22-12-7-13-23-30(22)33(24)25-15-6-11-21-19-9-2-4-17-27(19)35-32(23)29(21)25/h1-17H. The number of hydrogen-bond donors (Lipinski definition) is 0. The molecule has 35 heavy (non-hydrogen) atoms. The fourth-order valence-electron chi connectivity index (χ4n) is 6.54. The van der Waals surface area contributed by atoms with Crippen molar-refractivity contribution in [2.75, 3.05) is 4.90 Å². The van der Waals surface area contributed by atoms with Crippen molar-refractivity contribution in [1.29, 1.82) is 0 Å². The summed E-state index contributed by atoms with van der Waals surface area (Å²) in [5.41, 5.74) is 13.2. The third-order valence-corrected chi connectivity index (χ3v) is 7.90. The van der Waals surface area contributed by atoms with Crippen molar-refractivity contribution in [2.45, 2.75) is 0 Å². The largest absolute Gasteiger partial charge is 0.551 e. The average molecular weight is 445 g/mol. The molecule has 160 valence electrons. The molecule has 0 atom stereocenters. The third-order valence-electron chi connectivity index (χ3n) is 7.90. The summed E-state index contributed by atoms with van der Waals surface area (Å²) in [6.45, 7) is -0.300. The second-order valence-corrected chi connectivity index (χ2v) is 9.59. The number of benzene rings is 5. The maximum atomic E-state index is 6.72. The molecule has 0 unspecified atom stereocenters. The Hall–Kier alpha value is -4.37. The Balaban J connectivity index is 1.40. The number of nitrogens with zero attached hydrogens (tertiary/aromatic N) is 1. The van der Waals surface area contributed by atoms with Crippen molar-refractivity contribution in [3.63, 3.8) is 0 Å². The van der Waals surface area contributed by atoms with E-state index in [2.05, 4.69) is 95.9 Å². The molecule has 5 heteroatoms. The van der Waals surface area contributed by atoms with Crippen LogP contribution in [-0.4, -0.2) is 13.8 Å². The number of para-hydroxylation sites is 3. The molecular formula is C30H17B2NO2. The summed E-state index contributed by atoms with van der Waals surface area (Å²) in [5.74, 6) is 1.88. The van der Waals surface area contributed by atoms with Gasteiger partial charge in [-0.25, -0.2) is 0 Å². The maximum absolute atomic E-state index is 6.72. The van der Waals surface area contributed by atoms with E-state index in [-0.39, 0.29) is 13.8 Å². The lowest BCUT2D eigenvalue weighted by Gasteiger charge is -2.45. The topological polar surface area (TPSA) is 21.7 Å². The first-order chi connectivity index (χ1) is 17.4. The van der Waals surface area contributed by atoms with E-state index < -0.39 is 0 Å². The van der Waals surface area contributed by atoms with Gasteiger partial charge in [-0.3, -0.25) is 0 Å². The summed E-state index contributed by atoms with van der Waals surface area (Å²) in [4.78, 5) is 2.45. The first-order valence-corrected chi connectivity index (χ1v) is 12.1. The average Bonchev–Trinajstić information content (AvgIpc) is 2.92. The van der Waals surface area contributed by atoms with Crippen LogP contribution in [0.4, 0.5) is 17.1 Å². The van der Waals surface area contributed by atoms with Crippen molar-refractivity contribution in [3.05, 3.63) is 103 Å². The molecule has 0 aliphatic carbocycles. The zero-order chi connectivity index (χ0) is 22.7. The van der Waals surface area contributed by atoms with E-state index >= 15 is 0 Å². The number of fused-ring (bicyclic) bond motifs is 8. The van der Waals surface area contributed by atoms with Crippen LogP contribution < -0.4 is 36.1 Å². The lowest BCUT2D eigenvalue weighted by atomic mass is 9.44. The van der Waals surface area contributed by atoms with E-state index in [1.54, 1.807) is 0 Å². The van der Waals surface area contributed by atoms with E-state index in [1.165, 1.54) is 50.0 Å². The highest BCUT2D eigenvalue weighted by molar-refractivity contribution is 6.90. The van der Waals surface area contributed by atoms with Gasteiger partial charge < -0.3 is 14.2 Å². The fourth-order valence-corrected chi connectivity index (χ4v) is 6.54. The molecule has 3 nitrogen and oxygen atoms in total. The van der Waals surface area contributed by atoms with Crippen molar-refractivity contribution >= 4 is 52.7 Å². The first kappa shape index (κ1) is 18.0. The van der Waals surface area contributed by atoms with E-state index in [0.717, 1.165) is 22.6 Å². The Labute approximate surface area is 203 Å². The van der Waals surface area contributed by atoms with Crippen LogP contribution in [0.25, 0.3) is 22.3 Å². The Morgan fingerprint density at radius 2 is 0.914 bits per heavy atom. The summed E-state index contributed by atoms with van der Waals surface area (Å²) >= 11 is 0. The molecule has 0 saturated carbocycles. The minimum absolute atomic E-state index is 0.150. The van der Waals surface area contributed by atoms with Gasteiger partial charge >= 0.3 is 13.8 Å². The normalized spacial score (nSPS) is 14.6. The molecule has 0 spiro atoms. The molecule has 4 heterocycles. The SMILES string of the molecule is c1ccc2c(c1)OB1c3cccc4c3N(c3cccc-2c31)c1cccc2c1B4Oc1ccccc1-2. The summed E-state index contributed by atoms with van der Waals surface area (Å²) in [5, 5.41) is 0. The molecule has 9 rings (SSSR count). The molecule has 0 amide bonds. The smallest absolute Gasteiger partial charge is 0.431 e. The van der Waals surface area contributed by atoms with Crippen LogP contribution in [-0.2, 0) is 0 Å². The minimum Gasteiger partial charge on any atom is -0.551 e. The maximum Gasteiger partial charge on any atom is 0.431 e. The van der Waals surface area contributed by atoms with Gasteiger partial charge in [-0.2, -0.15) is 0 Å². The molecule has 0 radical (unpaired) electrons. The Bertz CT molecular complexity index is 1620. The van der Waals surface area contributed by atoms with Crippen LogP contribution in [0.5, 0.6) is 11.5 Å². The molecule has 5 aromatic rings. The second kappa shape index (κ2) is 6.19. The molecule has 0 aromatic heterocycles. The van der Waals surface area contributed by atoms with E-state index in [0.29, 0.717) is 0 Å². The number of hydrogen-bond acceptors (Lipinski definition) is 3. The van der Waals surface area contributed by atoms with Crippen LogP contribution in [0.2, 0.25) is 0 Å². The fraction of sp³-hybridized carbons (Fsp3) is 0. The highest BCUT2D eigenvalue weighted by Crippen LogP contribution is 2.45. The monoisotopic (exact) mass is 445 g/mol. The van der Waals surface area contributed by atoms with E-state index in [9.17, 15) is 0 Å². The highest BCUT2D eigenvalue weighted by atomic mass is 16.4. The van der Waals surface area contributed by atoms with E-state index in [4.69, 9.17) is 9.31 Å². The summed E-state index contributed by atoms with van der Waals surface area (Å²) in [7, 11) is 0. The van der Waals surface area contributed by atoms with E-state index in [1.807, 2.05) is 12.1 Å². The van der Waals surface area contributed by atoms with Crippen molar-refractivity contribution in [2.24, 2.45) is 0 Å². The molecule has 4 aliphatic heterocycles. The summed E-state index contributed by atoms with van der Waals surface area (Å²) in [6.07, 6.45) is 0. The molecule has 0 saturated heterocycles. The molecule has 5 aromatic carbocycles. The third kappa shape index (κ3) is 2.11. The van der Waals surface area contributed by atoms with Gasteiger partial charge in [0.1, 0.15) is 11.5 Å². The van der Waals surface area contributed by atoms with Crippen molar-refractivity contribution in [3.8, 4) is 33.8 Å². The Morgan fingerprint density at radius 1 is 0.457 bits per heavy atom. The lowest BCUT2D eigenvalue weighted by Crippen LogP contribution is -2.64. The van der Waals surface area contributed by atoms with Gasteiger partial charge in [0.05, 0.1) is 0 Å². The first-order valence-electron chi connectivity index (χ1n) is 12.1. The Kier molecular flexibility index (Phi) is 3.19. The molecule has 0 fully saturated rings. The van der Waals surface area contributed by atoms with Gasteiger partial charge in [0.15, 0.2) is 0 Å². The number of anilines is 3. The van der Waals surface area contributed by atoms with Crippen molar-refractivity contribution in [1.82, 2.24) is 0 Å². The van der Waals surface area contributed by atoms with Gasteiger partial charge in [-0.15, -0.1) is 0 Å². The van der Waals surface area contributed by atoms with Gasteiger partial charge in [0.25, 0.3) is 0 Å². The molecule has 0 N–H and O–H groups in total. The van der Waals surface area contributed by atoms with Crippen LogP contribution in [0.15, 0.2) is 103 Å².